The maximum atomic E-state index is 12.7. The zero-order chi connectivity index (χ0) is 18.8. The predicted molar refractivity (Wildman–Crippen MR) is 104 cm³/mol. The molecule has 0 atom stereocenters. The number of para-hydroxylation sites is 1. The van der Waals surface area contributed by atoms with Crippen molar-refractivity contribution < 1.29 is 9.59 Å². The number of carbonyl (C=O) groups is 2. The number of fused-ring (bicyclic) bond motifs is 1. The van der Waals surface area contributed by atoms with E-state index >= 15 is 0 Å². The van der Waals surface area contributed by atoms with Gasteiger partial charge in [-0.2, -0.15) is 0 Å². The summed E-state index contributed by atoms with van der Waals surface area (Å²) in [6.07, 6.45) is 0. The Morgan fingerprint density at radius 2 is 1.62 bits per heavy atom. The van der Waals surface area contributed by atoms with Crippen molar-refractivity contribution in [1.29, 1.82) is 0 Å². The van der Waals surface area contributed by atoms with Crippen molar-refractivity contribution in [2.75, 3.05) is 11.9 Å². The fraction of sp³-hybridized carbons (Fsp3) is 0.364. The number of benzene rings is 2. The zero-order valence-electron chi connectivity index (χ0n) is 15.9. The zero-order valence-corrected chi connectivity index (χ0v) is 15.9. The summed E-state index contributed by atoms with van der Waals surface area (Å²) >= 11 is 0. The third-order valence-corrected chi connectivity index (χ3v) is 4.87. The molecule has 0 unspecified atom stereocenters. The van der Waals surface area contributed by atoms with E-state index in [9.17, 15) is 9.59 Å². The lowest BCUT2D eigenvalue weighted by atomic mass is 9.92. The summed E-state index contributed by atoms with van der Waals surface area (Å²) in [6.45, 7) is 9.04. The molecular weight excluding hydrogens is 324 g/mol. The standard InChI is InChI=1S/C22H26N2O2/c1-14(2)17-10-7-11-18(15(3)4)21(17)23-20(25)13-24-12-16-8-5-6-9-19(16)22(24)26/h5-11,14-15H,12-13H2,1-4H3,(H,23,25). The van der Waals surface area contributed by atoms with Crippen molar-refractivity contribution in [2.45, 2.75) is 46.1 Å². The Labute approximate surface area is 155 Å². The number of carbonyl (C=O) groups excluding carboxylic acids is 2. The second kappa shape index (κ2) is 7.32. The van der Waals surface area contributed by atoms with Gasteiger partial charge >= 0.3 is 0 Å². The second-order valence-corrected chi connectivity index (χ2v) is 7.49. The normalized spacial score (nSPS) is 13.5. The van der Waals surface area contributed by atoms with E-state index in [4.69, 9.17) is 0 Å². The van der Waals surface area contributed by atoms with Crippen molar-refractivity contribution >= 4 is 17.5 Å². The van der Waals surface area contributed by atoms with Gasteiger partial charge in [0.1, 0.15) is 6.54 Å². The lowest BCUT2D eigenvalue weighted by molar-refractivity contribution is -0.116. The summed E-state index contributed by atoms with van der Waals surface area (Å²) in [7, 11) is 0. The van der Waals surface area contributed by atoms with Crippen LogP contribution in [0, 0.1) is 0 Å². The first-order valence-corrected chi connectivity index (χ1v) is 9.18. The molecule has 0 saturated carbocycles. The Balaban J connectivity index is 1.78. The first-order chi connectivity index (χ1) is 12.4. The minimum Gasteiger partial charge on any atom is -0.325 e. The van der Waals surface area contributed by atoms with Gasteiger partial charge in [-0.1, -0.05) is 64.1 Å². The average Bonchev–Trinajstić information content (AvgIpc) is 2.90. The van der Waals surface area contributed by atoms with Gasteiger partial charge < -0.3 is 10.2 Å². The highest BCUT2D eigenvalue weighted by molar-refractivity contribution is 6.02. The van der Waals surface area contributed by atoms with E-state index in [1.807, 2.05) is 30.3 Å². The number of nitrogens with one attached hydrogen (secondary N) is 1. The summed E-state index contributed by atoms with van der Waals surface area (Å²) in [5.41, 5.74) is 4.83. The van der Waals surface area contributed by atoms with E-state index in [0.717, 1.165) is 22.4 Å². The van der Waals surface area contributed by atoms with Gasteiger partial charge in [0, 0.05) is 17.8 Å². The van der Waals surface area contributed by atoms with Crippen LogP contribution in [0.5, 0.6) is 0 Å². The quantitative estimate of drug-likeness (QED) is 0.861. The van der Waals surface area contributed by atoms with Crippen LogP contribution in [-0.4, -0.2) is 23.3 Å². The van der Waals surface area contributed by atoms with Crippen LogP contribution in [-0.2, 0) is 11.3 Å². The van der Waals surface area contributed by atoms with Crippen molar-refractivity contribution in [1.82, 2.24) is 4.90 Å². The van der Waals surface area contributed by atoms with Gasteiger partial charge in [0.25, 0.3) is 5.91 Å². The van der Waals surface area contributed by atoms with Crippen molar-refractivity contribution in [3.63, 3.8) is 0 Å². The minimum atomic E-state index is -0.152. The number of rotatable bonds is 5. The first-order valence-electron chi connectivity index (χ1n) is 9.18. The van der Waals surface area contributed by atoms with Crippen LogP contribution in [0.25, 0.3) is 0 Å². The molecule has 0 aromatic heterocycles. The SMILES string of the molecule is CC(C)c1cccc(C(C)C)c1NC(=O)CN1Cc2ccccc2C1=O. The molecule has 26 heavy (non-hydrogen) atoms. The number of anilines is 1. The molecule has 1 aliphatic rings. The summed E-state index contributed by atoms with van der Waals surface area (Å²) in [5, 5.41) is 3.08. The third-order valence-electron chi connectivity index (χ3n) is 4.87. The maximum absolute atomic E-state index is 12.7. The molecular formula is C22H26N2O2. The average molecular weight is 350 g/mol. The Kier molecular flexibility index (Phi) is 5.12. The third kappa shape index (κ3) is 3.50. The molecule has 0 bridgehead atoms. The molecule has 2 amide bonds. The van der Waals surface area contributed by atoms with Gasteiger partial charge in [0.2, 0.25) is 5.91 Å². The molecule has 4 heteroatoms. The Morgan fingerprint density at radius 1 is 1.00 bits per heavy atom. The molecule has 0 fully saturated rings. The van der Waals surface area contributed by atoms with Crippen LogP contribution in [0.2, 0.25) is 0 Å². The molecule has 1 N–H and O–H groups in total. The van der Waals surface area contributed by atoms with Gasteiger partial charge in [-0.3, -0.25) is 9.59 Å². The smallest absolute Gasteiger partial charge is 0.254 e. The molecule has 0 radical (unpaired) electrons. The number of amides is 2. The van der Waals surface area contributed by atoms with Crippen LogP contribution >= 0.6 is 0 Å². The molecule has 0 spiro atoms. The van der Waals surface area contributed by atoms with E-state index in [1.165, 1.54) is 0 Å². The minimum absolute atomic E-state index is 0.0669. The van der Waals surface area contributed by atoms with E-state index in [-0.39, 0.29) is 18.4 Å². The van der Waals surface area contributed by atoms with E-state index in [0.29, 0.717) is 23.9 Å². The van der Waals surface area contributed by atoms with E-state index in [1.54, 1.807) is 4.90 Å². The Morgan fingerprint density at radius 3 is 2.19 bits per heavy atom. The number of hydrogen-bond donors (Lipinski definition) is 1. The summed E-state index contributed by atoms with van der Waals surface area (Å²) in [4.78, 5) is 26.8. The summed E-state index contributed by atoms with van der Waals surface area (Å²) in [6, 6.07) is 13.7. The molecule has 4 nitrogen and oxygen atoms in total. The largest absolute Gasteiger partial charge is 0.325 e. The van der Waals surface area contributed by atoms with Gasteiger partial charge in [-0.15, -0.1) is 0 Å². The molecule has 0 aliphatic carbocycles. The maximum Gasteiger partial charge on any atom is 0.254 e. The molecule has 2 aromatic rings. The van der Waals surface area contributed by atoms with Crippen LogP contribution < -0.4 is 5.32 Å². The highest BCUT2D eigenvalue weighted by Gasteiger charge is 2.28. The highest BCUT2D eigenvalue weighted by Crippen LogP contribution is 2.32. The molecule has 1 heterocycles. The second-order valence-electron chi connectivity index (χ2n) is 7.49. The topological polar surface area (TPSA) is 49.4 Å². The van der Waals surface area contributed by atoms with Gasteiger partial charge in [0.05, 0.1) is 0 Å². The van der Waals surface area contributed by atoms with Crippen LogP contribution in [0.3, 0.4) is 0 Å². The predicted octanol–water partition coefficient (Wildman–Crippen LogP) is 4.53. The fourth-order valence-electron chi connectivity index (χ4n) is 3.49. The van der Waals surface area contributed by atoms with Crippen molar-refractivity contribution in [2.24, 2.45) is 0 Å². The summed E-state index contributed by atoms with van der Waals surface area (Å²) < 4.78 is 0. The van der Waals surface area contributed by atoms with Gasteiger partial charge in [0.15, 0.2) is 0 Å². The van der Waals surface area contributed by atoms with E-state index < -0.39 is 0 Å². The first kappa shape index (κ1) is 18.2. The van der Waals surface area contributed by atoms with Gasteiger partial charge in [-0.25, -0.2) is 0 Å². The molecule has 2 aromatic carbocycles. The van der Waals surface area contributed by atoms with Crippen molar-refractivity contribution in [3.05, 3.63) is 64.7 Å². The fourth-order valence-corrected chi connectivity index (χ4v) is 3.49. The molecule has 136 valence electrons. The molecule has 0 saturated heterocycles. The lowest BCUT2D eigenvalue weighted by Gasteiger charge is -2.21. The highest BCUT2D eigenvalue weighted by atomic mass is 16.2. The molecule has 3 rings (SSSR count). The monoisotopic (exact) mass is 350 g/mol. The molecule has 1 aliphatic heterocycles. The lowest BCUT2D eigenvalue weighted by Crippen LogP contribution is -2.34. The van der Waals surface area contributed by atoms with Crippen LogP contribution in [0.15, 0.2) is 42.5 Å². The van der Waals surface area contributed by atoms with Crippen LogP contribution in [0.1, 0.15) is 66.6 Å². The number of hydrogen-bond acceptors (Lipinski definition) is 2. The number of nitrogens with zero attached hydrogens (tertiary/aromatic N) is 1. The Hall–Kier alpha value is -2.62. The van der Waals surface area contributed by atoms with Crippen molar-refractivity contribution in [3.8, 4) is 0 Å². The van der Waals surface area contributed by atoms with E-state index in [2.05, 4.69) is 45.1 Å². The summed E-state index contributed by atoms with van der Waals surface area (Å²) in [5.74, 6) is 0.390. The van der Waals surface area contributed by atoms with Crippen LogP contribution in [0.4, 0.5) is 5.69 Å². The Bertz CT molecular complexity index is 814. The van der Waals surface area contributed by atoms with Gasteiger partial charge in [-0.05, 0) is 34.6 Å².